The average molecular weight is 385 g/mol. The predicted molar refractivity (Wildman–Crippen MR) is 84.5 cm³/mol. The predicted octanol–water partition coefficient (Wildman–Crippen LogP) is 4.55. The smallest absolute Gasteiger partial charge is 0.359 e. The summed E-state index contributed by atoms with van der Waals surface area (Å²) in [7, 11) is 2.62. The lowest BCUT2D eigenvalue weighted by atomic mass is 9.87. The van der Waals surface area contributed by atoms with Gasteiger partial charge >= 0.3 is 12.4 Å². The normalized spacial score (nSPS) is 13.3. The highest BCUT2D eigenvalue weighted by Crippen LogP contribution is 2.53. The highest BCUT2D eigenvalue weighted by atomic mass is 19.4. The van der Waals surface area contributed by atoms with Crippen LogP contribution in [-0.2, 0) is 21.6 Å². The maximum absolute atomic E-state index is 13.7. The summed E-state index contributed by atoms with van der Waals surface area (Å²) in [4.78, 5) is 1.69. The van der Waals surface area contributed by atoms with Gasteiger partial charge in [-0.25, -0.2) is 0 Å². The largest absolute Gasteiger partial charge is 0.430 e. The Morgan fingerprint density at radius 3 is 2.15 bits per heavy atom. The molecule has 1 aromatic carbocycles. The molecule has 0 atom stereocenters. The molecule has 0 radical (unpaired) electrons. The molecule has 0 aromatic heterocycles. The molecule has 3 nitrogen and oxygen atoms in total. The standard InChI is InChI=1S/C17H21F6NO2/c1-5-8-24(3)10-13-7-6-12(2)14(9-13)15(16(18,19)20,17(21,22)23)26-11-25-4/h5-7,9H,1,8,10-11H2,2-4H3. The molecule has 0 unspecified atom stereocenters. The minimum atomic E-state index is -5.74. The van der Waals surface area contributed by atoms with Crippen LogP contribution in [0.1, 0.15) is 16.7 Å². The number of halogens is 6. The molecular formula is C17H21F6NO2. The molecule has 0 spiro atoms. The molecule has 0 aliphatic carbocycles. The maximum atomic E-state index is 13.7. The van der Waals surface area contributed by atoms with Crippen molar-refractivity contribution in [2.75, 3.05) is 27.5 Å². The Hall–Kier alpha value is -1.58. The molecule has 1 rings (SSSR count). The Bertz CT molecular complexity index is 598. The number of benzene rings is 1. The van der Waals surface area contributed by atoms with E-state index < -0.39 is 30.3 Å². The molecule has 0 fully saturated rings. The lowest BCUT2D eigenvalue weighted by Gasteiger charge is -2.38. The summed E-state index contributed by atoms with van der Waals surface area (Å²) in [5, 5.41) is 0. The van der Waals surface area contributed by atoms with E-state index in [4.69, 9.17) is 0 Å². The first-order valence-corrected chi connectivity index (χ1v) is 7.56. The topological polar surface area (TPSA) is 21.7 Å². The van der Waals surface area contributed by atoms with Crippen molar-refractivity contribution in [2.45, 2.75) is 31.4 Å². The number of likely N-dealkylation sites (N-methyl/N-ethyl adjacent to an activating group) is 1. The third-order valence-corrected chi connectivity index (χ3v) is 3.77. The van der Waals surface area contributed by atoms with Crippen LogP contribution in [0.4, 0.5) is 26.3 Å². The number of alkyl halides is 6. The average Bonchev–Trinajstić information content (AvgIpc) is 2.48. The lowest BCUT2D eigenvalue weighted by Crippen LogP contribution is -2.56. The van der Waals surface area contributed by atoms with Crippen LogP contribution in [0.5, 0.6) is 0 Å². The lowest BCUT2D eigenvalue weighted by molar-refractivity contribution is -0.400. The van der Waals surface area contributed by atoms with Gasteiger partial charge in [-0.3, -0.25) is 4.90 Å². The molecule has 26 heavy (non-hydrogen) atoms. The summed E-state index contributed by atoms with van der Waals surface area (Å²) in [5.41, 5.74) is -5.38. The second-order valence-electron chi connectivity index (χ2n) is 5.86. The van der Waals surface area contributed by atoms with Crippen LogP contribution in [0.15, 0.2) is 30.9 Å². The first kappa shape index (κ1) is 22.5. The molecule has 148 valence electrons. The van der Waals surface area contributed by atoms with Gasteiger partial charge in [0, 0.05) is 25.8 Å². The van der Waals surface area contributed by atoms with Crippen molar-refractivity contribution < 1.29 is 35.8 Å². The van der Waals surface area contributed by atoms with Crippen molar-refractivity contribution in [3.63, 3.8) is 0 Å². The van der Waals surface area contributed by atoms with Gasteiger partial charge in [0.15, 0.2) is 0 Å². The Balaban J connectivity index is 3.57. The van der Waals surface area contributed by atoms with E-state index in [9.17, 15) is 26.3 Å². The molecule has 0 N–H and O–H groups in total. The third kappa shape index (κ3) is 4.57. The van der Waals surface area contributed by atoms with Crippen LogP contribution >= 0.6 is 0 Å². The van der Waals surface area contributed by atoms with Gasteiger partial charge in [0.25, 0.3) is 5.60 Å². The van der Waals surface area contributed by atoms with Gasteiger partial charge in [-0.05, 0) is 25.1 Å². The Morgan fingerprint density at radius 1 is 1.12 bits per heavy atom. The molecule has 0 saturated carbocycles. The highest BCUT2D eigenvalue weighted by Gasteiger charge is 2.74. The molecule has 0 aliphatic rings. The van der Waals surface area contributed by atoms with Crippen molar-refractivity contribution in [3.05, 3.63) is 47.5 Å². The van der Waals surface area contributed by atoms with Crippen molar-refractivity contribution in [1.82, 2.24) is 4.90 Å². The second-order valence-corrected chi connectivity index (χ2v) is 5.86. The molecule has 9 heteroatoms. The van der Waals surface area contributed by atoms with E-state index in [-0.39, 0.29) is 17.7 Å². The van der Waals surface area contributed by atoms with E-state index in [1.54, 1.807) is 18.0 Å². The third-order valence-electron chi connectivity index (χ3n) is 3.77. The molecule has 0 heterocycles. The summed E-state index contributed by atoms with van der Waals surface area (Å²) in [6.07, 6.45) is -9.90. The SMILES string of the molecule is C=CCN(C)Cc1ccc(C)c(C(OCOC)(C(F)(F)F)C(F)(F)F)c1. The number of rotatable bonds is 8. The Morgan fingerprint density at radius 2 is 1.69 bits per heavy atom. The van der Waals surface area contributed by atoms with Crippen molar-refractivity contribution in [3.8, 4) is 0 Å². The van der Waals surface area contributed by atoms with Gasteiger partial charge in [0.1, 0.15) is 6.79 Å². The fourth-order valence-electron chi connectivity index (χ4n) is 2.60. The van der Waals surface area contributed by atoms with E-state index in [0.29, 0.717) is 6.54 Å². The van der Waals surface area contributed by atoms with Gasteiger partial charge in [-0.2, -0.15) is 26.3 Å². The van der Waals surface area contributed by atoms with Crippen LogP contribution < -0.4 is 0 Å². The number of methoxy groups -OCH3 is 1. The molecular weight excluding hydrogens is 364 g/mol. The molecule has 0 aliphatic heterocycles. The zero-order chi connectivity index (χ0) is 20.2. The second kappa shape index (κ2) is 8.41. The molecule has 0 amide bonds. The van der Waals surface area contributed by atoms with E-state index in [1.165, 1.54) is 19.1 Å². The minimum absolute atomic E-state index is 0.148. The minimum Gasteiger partial charge on any atom is -0.359 e. The van der Waals surface area contributed by atoms with Crippen LogP contribution in [0.2, 0.25) is 0 Å². The van der Waals surface area contributed by atoms with E-state index in [0.717, 1.165) is 13.2 Å². The van der Waals surface area contributed by atoms with E-state index >= 15 is 0 Å². The maximum Gasteiger partial charge on any atom is 0.430 e. The molecule has 0 bridgehead atoms. The summed E-state index contributed by atoms with van der Waals surface area (Å²) < 4.78 is 90.5. The summed E-state index contributed by atoms with van der Waals surface area (Å²) in [6.45, 7) is 4.12. The van der Waals surface area contributed by atoms with Gasteiger partial charge in [0.05, 0.1) is 0 Å². The summed E-state index contributed by atoms with van der Waals surface area (Å²) >= 11 is 0. The fourth-order valence-corrected chi connectivity index (χ4v) is 2.60. The number of hydrogen-bond acceptors (Lipinski definition) is 3. The van der Waals surface area contributed by atoms with E-state index in [2.05, 4.69) is 16.1 Å². The first-order chi connectivity index (χ1) is 11.9. The Kier molecular flexibility index (Phi) is 7.26. The van der Waals surface area contributed by atoms with Gasteiger partial charge < -0.3 is 9.47 Å². The zero-order valence-corrected chi connectivity index (χ0v) is 14.7. The number of hydrogen-bond donors (Lipinski definition) is 0. The molecule has 0 saturated heterocycles. The summed E-state index contributed by atoms with van der Waals surface area (Å²) in [5.74, 6) is 0. The Labute approximate surface area is 148 Å². The number of nitrogens with zero attached hydrogens (tertiary/aromatic N) is 1. The zero-order valence-electron chi connectivity index (χ0n) is 14.7. The van der Waals surface area contributed by atoms with Crippen LogP contribution in [0.3, 0.4) is 0 Å². The first-order valence-electron chi connectivity index (χ1n) is 7.56. The van der Waals surface area contributed by atoms with Crippen LogP contribution in [0.25, 0.3) is 0 Å². The number of aryl methyl sites for hydroxylation is 1. The van der Waals surface area contributed by atoms with Crippen molar-refractivity contribution in [1.29, 1.82) is 0 Å². The van der Waals surface area contributed by atoms with Gasteiger partial charge in [-0.1, -0.05) is 24.3 Å². The van der Waals surface area contributed by atoms with Gasteiger partial charge in [-0.15, -0.1) is 6.58 Å². The van der Waals surface area contributed by atoms with E-state index in [1.807, 2.05) is 0 Å². The van der Waals surface area contributed by atoms with Gasteiger partial charge in [0.2, 0.25) is 0 Å². The fraction of sp³-hybridized carbons (Fsp3) is 0.529. The van der Waals surface area contributed by atoms with Crippen LogP contribution in [-0.4, -0.2) is 44.7 Å². The number of ether oxygens (including phenoxy) is 2. The van der Waals surface area contributed by atoms with Crippen molar-refractivity contribution in [2.24, 2.45) is 0 Å². The molecule has 1 aromatic rings. The van der Waals surface area contributed by atoms with Crippen LogP contribution in [0, 0.1) is 6.92 Å². The quantitative estimate of drug-likeness (QED) is 0.372. The van der Waals surface area contributed by atoms with Crippen molar-refractivity contribution >= 4 is 0 Å². The highest BCUT2D eigenvalue weighted by molar-refractivity contribution is 5.38. The summed E-state index contributed by atoms with van der Waals surface area (Å²) in [6, 6.07) is 3.58. The monoisotopic (exact) mass is 385 g/mol.